The van der Waals surface area contributed by atoms with Crippen LogP contribution in [0.5, 0.6) is 0 Å². The standard InChI is InChI=1S/C18H22FN3O4/c1-9-8-21(11(3)15(9)23)13-6-4-12(5-7-13)14-16(10(2)17(20)24)26-18(25)22(14)19/h4-7,9-11,14,16H,8H2,1-3H3,(H2,20,24). The maximum absolute atomic E-state index is 14.3. The van der Waals surface area contributed by atoms with E-state index in [4.69, 9.17) is 10.5 Å². The highest BCUT2D eigenvalue weighted by Gasteiger charge is 2.48. The Bertz CT molecular complexity index is 738. The van der Waals surface area contributed by atoms with Gasteiger partial charge in [0.15, 0.2) is 5.78 Å². The number of primary amides is 1. The van der Waals surface area contributed by atoms with Crippen molar-refractivity contribution >= 4 is 23.5 Å². The number of rotatable bonds is 4. The van der Waals surface area contributed by atoms with Crippen molar-refractivity contribution < 1.29 is 23.6 Å². The second kappa shape index (κ2) is 6.59. The van der Waals surface area contributed by atoms with Crippen LogP contribution in [0.3, 0.4) is 0 Å². The van der Waals surface area contributed by atoms with Crippen molar-refractivity contribution in [3.05, 3.63) is 29.8 Å². The highest BCUT2D eigenvalue weighted by Crippen LogP contribution is 2.38. The number of carbonyl (C=O) groups is 3. The van der Waals surface area contributed by atoms with E-state index in [9.17, 15) is 18.9 Å². The molecule has 2 N–H and O–H groups in total. The minimum atomic E-state index is -1.13. The SMILES string of the molecule is CC1CN(c2ccc(C3C(C(C)C(N)=O)OC(=O)N3F)cc2)C(C)C1=O. The van der Waals surface area contributed by atoms with E-state index in [1.54, 1.807) is 24.3 Å². The van der Waals surface area contributed by atoms with E-state index in [0.717, 1.165) is 5.69 Å². The van der Waals surface area contributed by atoms with Crippen molar-refractivity contribution in [3.63, 3.8) is 0 Å². The number of benzene rings is 1. The van der Waals surface area contributed by atoms with Crippen molar-refractivity contribution in [2.75, 3.05) is 11.4 Å². The quantitative estimate of drug-likeness (QED) is 0.826. The van der Waals surface area contributed by atoms with Gasteiger partial charge in [0, 0.05) is 18.2 Å². The van der Waals surface area contributed by atoms with Crippen LogP contribution >= 0.6 is 0 Å². The van der Waals surface area contributed by atoms with Gasteiger partial charge in [-0.05, 0) is 31.5 Å². The van der Waals surface area contributed by atoms with E-state index in [2.05, 4.69) is 0 Å². The Kier molecular flexibility index (Phi) is 4.60. The fourth-order valence-electron chi connectivity index (χ4n) is 3.63. The zero-order valence-corrected chi connectivity index (χ0v) is 14.9. The van der Waals surface area contributed by atoms with E-state index in [0.29, 0.717) is 12.1 Å². The summed E-state index contributed by atoms with van der Waals surface area (Å²) in [7, 11) is 0. The molecular weight excluding hydrogens is 341 g/mol. The Hall–Kier alpha value is -2.64. The molecule has 1 aromatic carbocycles. The summed E-state index contributed by atoms with van der Waals surface area (Å²) in [6, 6.07) is 5.65. The van der Waals surface area contributed by atoms with Gasteiger partial charge in [0.25, 0.3) is 0 Å². The first kappa shape index (κ1) is 18.2. The molecule has 26 heavy (non-hydrogen) atoms. The first-order valence-corrected chi connectivity index (χ1v) is 8.57. The number of amides is 2. The maximum atomic E-state index is 14.3. The van der Waals surface area contributed by atoms with Crippen LogP contribution in [0.2, 0.25) is 0 Å². The van der Waals surface area contributed by atoms with Crippen LogP contribution < -0.4 is 10.6 Å². The van der Waals surface area contributed by atoms with E-state index in [-0.39, 0.29) is 22.9 Å². The zero-order valence-electron chi connectivity index (χ0n) is 14.9. The van der Waals surface area contributed by atoms with Gasteiger partial charge >= 0.3 is 6.09 Å². The Morgan fingerprint density at radius 1 is 1.27 bits per heavy atom. The van der Waals surface area contributed by atoms with Crippen LogP contribution in [0.15, 0.2) is 24.3 Å². The van der Waals surface area contributed by atoms with Crippen LogP contribution in [0, 0.1) is 11.8 Å². The molecule has 0 bridgehead atoms. The lowest BCUT2D eigenvalue weighted by Crippen LogP contribution is -2.35. The monoisotopic (exact) mass is 363 g/mol. The molecule has 2 aliphatic heterocycles. The Morgan fingerprint density at radius 3 is 2.38 bits per heavy atom. The summed E-state index contributed by atoms with van der Waals surface area (Å²) < 4.78 is 19.3. The molecule has 3 rings (SSSR count). The summed E-state index contributed by atoms with van der Waals surface area (Å²) in [4.78, 5) is 37.1. The summed E-state index contributed by atoms with van der Waals surface area (Å²) in [5.74, 6) is -1.35. The summed E-state index contributed by atoms with van der Waals surface area (Å²) >= 11 is 0. The van der Waals surface area contributed by atoms with Crippen LogP contribution in [0.4, 0.5) is 15.0 Å². The second-order valence-electron chi connectivity index (χ2n) is 7.02. The topological polar surface area (TPSA) is 92.9 Å². The molecule has 140 valence electrons. The molecule has 0 saturated carbocycles. The number of nitrogens with zero attached hydrogens (tertiary/aromatic N) is 2. The average molecular weight is 363 g/mol. The number of ketones is 1. The van der Waals surface area contributed by atoms with Gasteiger partial charge in [-0.15, -0.1) is 5.12 Å². The number of nitrogens with two attached hydrogens (primary N) is 1. The molecular formula is C18H22FN3O4. The van der Waals surface area contributed by atoms with E-state index in [1.807, 2.05) is 18.7 Å². The minimum absolute atomic E-state index is 0.0107. The smallest absolute Gasteiger partial charge is 0.439 e. The third-order valence-corrected chi connectivity index (χ3v) is 5.31. The molecule has 7 nitrogen and oxygen atoms in total. The Balaban J connectivity index is 1.86. The summed E-state index contributed by atoms with van der Waals surface area (Å²) in [5.41, 5.74) is 6.62. The maximum Gasteiger partial charge on any atom is 0.439 e. The van der Waals surface area contributed by atoms with Crippen molar-refractivity contribution in [3.8, 4) is 0 Å². The molecule has 0 aliphatic carbocycles. The number of anilines is 1. The molecule has 2 aliphatic rings. The summed E-state index contributed by atoms with van der Waals surface area (Å²) in [6.45, 7) is 5.88. The van der Waals surface area contributed by atoms with Gasteiger partial charge in [-0.1, -0.05) is 23.5 Å². The predicted molar refractivity (Wildman–Crippen MR) is 91.7 cm³/mol. The van der Waals surface area contributed by atoms with Crippen molar-refractivity contribution in [1.82, 2.24) is 5.12 Å². The van der Waals surface area contributed by atoms with Crippen molar-refractivity contribution in [2.24, 2.45) is 17.6 Å². The summed E-state index contributed by atoms with van der Waals surface area (Å²) in [5, 5.41) is -0.0107. The van der Waals surface area contributed by atoms with Gasteiger partial charge in [-0.3, -0.25) is 9.59 Å². The normalized spacial score (nSPS) is 29.8. The number of ether oxygens (including phenoxy) is 1. The van der Waals surface area contributed by atoms with Gasteiger partial charge in [0.1, 0.15) is 12.1 Å². The fraction of sp³-hybridized carbons (Fsp3) is 0.500. The second-order valence-corrected chi connectivity index (χ2v) is 7.02. The Labute approximate surface area is 150 Å². The van der Waals surface area contributed by atoms with Crippen molar-refractivity contribution in [2.45, 2.75) is 39.0 Å². The van der Waals surface area contributed by atoms with Crippen molar-refractivity contribution in [1.29, 1.82) is 0 Å². The van der Waals surface area contributed by atoms with E-state index >= 15 is 0 Å². The Morgan fingerprint density at radius 2 is 1.88 bits per heavy atom. The van der Waals surface area contributed by atoms with E-state index in [1.165, 1.54) is 6.92 Å². The van der Waals surface area contributed by atoms with Crippen LogP contribution in [-0.2, 0) is 14.3 Å². The fourth-order valence-corrected chi connectivity index (χ4v) is 3.63. The van der Waals surface area contributed by atoms with E-state index < -0.39 is 30.1 Å². The molecule has 5 atom stereocenters. The third kappa shape index (κ3) is 2.89. The molecule has 2 amide bonds. The first-order valence-electron chi connectivity index (χ1n) is 8.57. The molecule has 0 radical (unpaired) electrons. The number of carbonyl (C=O) groups excluding carboxylic acids is 3. The number of hydrogen-bond donors (Lipinski definition) is 1. The number of halogens is 1. The third-order valence-electron chi connectivity index (χ3n) is 5.31. The molecule has 2 fully saturated rings. The molecule has 0 spiro atoms. The molecule has 5 unspecified atom stereocenters. The summed E-state index contributed by atoms with van der Waals surface area (Å²) in [6.07, 6.45) is -2.13. The molecule has 0 aromatic heterocycles. The lowest BCUT2D eigenvalue weighted by atomic mass is 9.92. The largest absolute Gasteiger partial charge is 0.441 e. The molecule has 2 heterocycles. The van der Waals surface area contributed by atoms with Gasteiger partial charge in [0.05, 0.1) is 12.0 Å². The highest BCUT2D eigenvalue weighted by molar-refractivity contribution is 5.92. The van der Waals surface area contributed by atoms with Crippen LogP contribution in [0.25, 0.3) is 0 Å². The van der Waals surface area contributed by atoms with Gasteiger partial charge < -0.3 is 15.4 Å². The van der Waals surface area contributed by atoms with Gasteiger partial charge in [-0.2, -0.15) is 0 Å². The predicted octanol–water partition coefficient (Wildman–Crippen LogP) is 1.97. The molecule has 2 saturated heterocycles. The number of hydrogen-bond acceptors (Lipinski definition) is 5. The lowest BCUT2D eigenvalue weighted by Gasteiger charge is -2.25. The lowest BCUT2D eigenvalue weighted by molar-refractivity contribution is -0.124. The highest BCUT2D eigenvalue weighted by atomic mass is 19.2. The van der Waals surface area contributed by atoms with Gasteiger partial charge in [-0.25, -0.2) is 4.79 Å². The van der Waals surface area contributed by atoms with Crippen LogP contribution in [0.1, 0.15) is 32.4 Å². The minimum Gasteiger partial charge on any atom is -0.441 e. The first-order chi connectivity index (χ1) is 12.2. The molecule has 1 aromatic rings. The average Bonchev–Trinajstić information content (AvgIpc) is 3.05. The van der Waals surface area contributed by atoms with Gasteiger partial charge in [0.2, 0.25) is 5.91 Å². The van der Waals surface area contributed by atoms with Crippen LogP contribution in [-0.4, -0.2) is 41.6 Å². The molecule has 8 heteroatoms. The number of cyclic esters (lactones) is 1. The zero-order chi connectivity index (χ0) is 19.2. The number of Topliss-reactive ketones (excluding diaryl/α,β-unsaturated/α-hetero) is 1.